The number of rotatable bonds is 7. The van der Waals surface area contributed by atoms with Crippen LogP contribution in [0.25, 0.3) is 0 Å². The minimum absolute atomic E-state index is 0.00298. The molecule has 0 aromatic rings. The second kappa shape index (κ2) is 7.85. The molecule has 0 bridgehead atoms. The lowest BCUT2D eigenvalue weighted by Gasteiger charge is -2.25. The van der Waals surface area contributed by atoms with Gasteiger partial charge in [-0.05, 0) is 19.8 Å². The summed E-state index contributed by atoms with van der Waals surface area (Å²) < 4.78 is 36.8. The average molecular weight is 284 g/mol. The van der Waals surface area contributed by atoms with Crippen LogP contribution in [0.4, 0.5) is 18.0 Å². The van der Waals surface area contributed by atoms with Crippen LogP contribution in [0.3, 0.4) is 0 Å². The zero-order chi connectivity index (χ0) is 15.1. The van der Waals surface area contributed by atoms with Crippen molar-refractivity contribution in [1.82, 2.24) is 10.2 Å². The molecule has 0 aromatic carbocycles. The van der Waals surface area contributed by atoms with Crippen molar-refractivity contribution >= 4 is 12.0 Å². The molecular formula is C11H19F3N2O3. The Balaban J connectivity index is 4.35. The van der Waals surface area contributed by atoms with Crippen LogP contribution in [-0.4, -0.2) is 47.3 Å². The molecule has 2 N–H and O–H groups in total. The fraction of sp³-hybridized carbons (Fsp3) is 0.818. The summed E-state index contributed by atoms with van der Waals surface area (Å²) in [5.41, 5.74) is 0. The second-order valence-corrected chi connectivity index (χ2v) is 4.32. The molecule has 0 aliphatic carbocycles. The van der Waals surface area contributed by atoms with Crippen LogP contribution in [0.15, 0.2) is 0 Å². The summed E-state index contributed by atoms with van der Waals surface area (Å²) in [7, 11) is 0. The van der Waals surface area contributed by atoms with E-state index in [4.69, 9.17) is 5.11 Å². The van der Waals surface area contributed by atoms with Gasteiger partial charge in [0.05, 0.1) is 0 Å². The number of aliphatic carboxylic acids is 1. The lowest BCUT2D eigenvalue weighted by molar-refractivity contribution is -0.140. The number of amides is 2. The third kappa shape index (κ3) is 9.15. The molecular weight excluding hydrogens is 265 g/mol. The van der Waals surface area contributed by atoms with Crippen LogP contribution < -0.4 is 5.32 Å². The molecule has 0 fully saturated rings. The molecule has 2 amide bonds. The average Bonchev–Trinajstić information content (AvgIpc) is 2.24. The van der Waals surface area contributed by atoms with Crippen molar-refractivity contribution in [2.75, 3.05) is 13.1 Å². The van der Waals surface area contributed by atoms with E-state index in [1.165, 1.54) is 0 Å². The summed E-state index contributed by atoms with van der Waals surface area (Å²) in [6.45, 7) is 1.92. The van der Waals surface area contributed by atoms with Gasteiger partial charge < -0.3 is 15.3 Å². The fourth-order valence-electron chi connectivity index (χ4n) is 1.45. The van der Waals surface area contributed by atoms with Crippen molar-refractivity contribution in [3.63, 3.8) is 0 Å². The maximum absolute atomic E-state index is 12.3. The van der Waals surface area contributed by atoms with Gasteiger partial charge in [0.2, 0.25) is 0 Å². The van der Waals surface area contributed by atoms with E-state index in [1.807, 2.05) is 0 Å². The standard InChI is InChI=1S/C11H19F3N2O3/c1-3-6-16(7-11(12,13)14)10(19)15-8(2)4-5-9(17)18/h8H,3-7H2,1-2H3,(H,15,19)(H,17,18). The lowest BCUT2D eigenvalue weighted by atomic mass is 10.2. The molecule has 19 heavy (non-hydrogen) atoms. The maximum atomic E-state index is 12.3. The monoisotopic (exact) mass is 284 g/mol. The Morgan fingerprint density at radius 2 is 1.95 bits per heavy atom. The molecule has 1 atom stereocenters. The highest BCUT2D eigenvalue weighted by molar-refractivity contribution is 5.74. The molecule has 0 saturated heterocycles. The number of hydrogen-bond donors (Lipinski definition) is 2. The third-order valence-corrected chi connectivity index (χ3v) is 2.31. The van der Waals surface area contributed by atoms with Crippen LogP contribution in [0, 0.1) is 0 Å². The Labute approximate surface area is 109 Å². The number of halogens is 3. The molecule has 0 spiro atoms. The minimum Gasteiger partial charge on any atom is -0.481 e. The minimum atomic E-state index is -4.45. The molecule has 0 radical (unpaired) electrons. The van der Waals surface area contributed by atoms with E-state index in [9.17, 15) is 22.8 Å². The van der Waals surface area contributed by atoms with Crippen LogP contribution in [0.5, 0.6) is 0 Å². The Kier molecular flexibility index (Phi) is 7.25. The molecule has 0 aliphatic rings. The summed E-state index contributed by atoms with van der Waals surface area (Å²) in [6.07, 6.45) is -4.01. The van der Waals surface area contributed by atoms with Crippen molar-refractivity contribution in [3.05, 3.63) is 0 Å². The summed E-state index contributed by atoms with van der Waals surface area (Å²) in [5.74, 6) is -1.01. The largest absolute Gasteiger partial charge is 0.481 e. The zero-order valence-corrected chi connectivity index (χ0v) is 11.0. The van der Waals surface area contributed by atoms with E-state index in [2.05, 4.69) is 5.32 Å². The van der Waals surface area contributed by atoms with Gasteiger partial charge in [0.15, 0.2) is 0 Å². The number of alkyl halides is 3. The first-order chi connectivity index (χ1) is 8.65. The summed E-state index contributed by atoms with van der Waals surface area (Å²) in [4.78, 5) is 22.7. The van der Waals surface area contributed by atoms with Gasteiger partial charge >= 0.3 is 18.2 Å². The first-order valence-electron chi connectivity index (χ1n) is 5.99. The highest BCUT2D eigenvalue weighted by Gasteiger charge is 2.32. The third-order valence-electron chi connectivity index (χ3n) is 2.31. The lowest BCUT2D eigenvalue weighted by Crippen LogP contribution is -2.47. The molecule has 0 heterocycles. The van der Waals surface area contributed by atoms with Crippen molar-refractivity contribution < 1.29 is 27.9 Å². The van der Waals surface area contributed by atoms with Crippen molar-refractivity contribution in [3.8, 4) is 0 Å². The van der Waals surface area contributed by atoms with E-state index >= 15 is 0 Å². The van der Waals surface area contributed by atoms with E-state index in [0.717, 1.165) is 0 Å². The zero-order valence-electron chi connectivity index (χ0n) is 11.0. The van der Waals surface area contributed by atoms with Crippen molar-refractivity contribution in [2.24, 2.45) is 0 Å². The molecule has 0 saturated carbocycles. The number of nitrogens with zero attached hydrogens (tertiary/aromatic N) is 1. The second-order valence-electron chi connectivity index (χ2n) is 4.32. The van der Waals surface area contributed by atoms with E-state index < -0.39 is 30.8 Å². The van der Waals surface area contributed by atoms with Gasteiger partial charge in [0.25, 0.3) is 0 Å². The molecule has 0 aliphatic heterocycles. The Bertz CT molecular complexity index is 308. The first-order valence-corrected chi connectivity index (χ1v) is 5.99. The van der Waals surface area contributed by atoms with Crippen LogP contribution in [0.2, 0.25) is 0 Å². The number of carboxylic acids is 1. The SMILES string of the molecule is CCCN(CC(F)(F)F)C(=O)NC(C)CCC(=O)O. The van der Waals surface area contributed by atoms with E-state index in [-0.39, 0.29) is 19.4 Å². The van der Waals surface area contributed by atoms with Crippen LogP contribution >= 0.6 is 0 Å². The normalized spacial score (nSPS) is 12.9. The van der Waals surface area contributed by atoms with Gasteiger partial charge in [-0.1, -0.05) is 6.92 Å². The van der Waals surface area contributed by atoms with Crippen LogP contribution in [0.1, 0.15) is 33.1 Å². The Hall–Kier alpha value is -1.47. The first kappa shape index (κ1) is 17.5. The Morgan fingerprint density at radius 1 is 1.37 bits per heavy atom. The predicted octanol–water partition coefficient (Wildman–Crippen LogP) is 2.22. The molecule has 0 rings (SSSR count). The number of urea groups is 1. The van der Waals surface area contributed by atoms with E-state index in [1.54, 1.807) is 13.8 Å². The summed E-state index contributed by atoms with van der Waals surface area (Å²) in [5, 5.41) is 10.8. The summed E-state index contributed by atoms with van der Waals surface area (Å²) in [6, 6.07) is -1.31. The topological polar surface area (TPSA) is 69.6 Å². The predicted molar refractivity (Wildman–Crippen MR) is 62.8 cm³/mol. The van der Waals surface area contributed by atoms with Gasteiger partial charge in [-0.3, -0.25) is 4.79 Å². The quantitative estimate of drug-likeness (QED) is 0.753. The van der Waals surface area contributed by atoms with Gasteiger partial charge in [0.1, 0.15) is 6.54 Å². The van der Waals surface area contributed by atoms with Gasteiger partial charge in [-0.15, -0.1) is 0 Å². The number of carbonyl (C=O) groups excluding carboxylic acids is 1. The molecule has 112 valence electrons. The van der Waals surface area contributed by atoms with E-state index in [0.29, 0.717) is 11.3 Å². The number of nitrogens with one attached hydrogen (secondary N) is 1. The smallest absolute Gasteiger partial charge is 0.406 e. The molecule has 8 heteroatoms. The summed E-state index contributed by atoms with van der Waals surface area (Å²) >= 11 is 0. The van der Waals surface area contributed by atoms with Gasteiger partial charge in [-0.25, -0.2) is 4.79 Å². The molecule has 0 aromatic heterocycles. The van der Waals surface area contributed by atoms with Gasteiger partial charge in [0, 0.05) is 19.0 Å². The maximum Gasteiger partial charge on any atom is 0.406 e. The number of hydrogen-bond acceptors (Lipinski definition) is 2. The van der Waals surface area contributed by atoms with Crippen molar-refractivity contribution in [2.45, 2.75) is 45.3 Å². The Morgan fingerprint density at radius 3 is 2.37 bits per heavy atom. The molecule has 5 nitrogen and oxygen atoms in total. The van der Waals surface area contributed by atoms with Crippen LogP contribution in [-0.2, 0) is 4.79 Å². The fourth-order valence-corrected chi connectivity index (χ4v) is 1.45. The van der Waals surface area contributed by atoms with Gasteiger partial charge in [-0.2, -0.15) is 13.2 Å². The number of carbonyl (C=O) groups is 2. The van der Waals surface area contributed by atoms with Crippen molar-refractivity contribution in [1.29, 1.82) is 0 Å². The number of carboxylic acid groups (broad SMARTS) is 1. The highest BCUT2D eigenvalue weighted by Crippen LogP contribution is 2.16. The highest BCUT2D eigenvalue weighted by atomic mass is 19.4. The molecule has 1 unspecified atom stereocenters.